The molecule has 0 aliphatic carbocycles. The second-order valence-corrected chi connectivity index (χ2v) is 4.94. The molecule has 1 aromatic heterocycles. The van der Waals surface area contributed by atoms with Crippen LogP contribution in [-0.4, -0.2) is 29.0 Å². The van der Waals surface area contributed by atoms with Gasteiger partial charge in [-0.1, -0.05) is 12.1 Å². The van der Waals surface area contributed by atoms with Gasteiger partial charge in [0.05, 0.1) is 6.54 Å². The Morgan fingerprint density at radius 2 is 2.16 bits per heavy atom. The summed E-state index contributed by atoms with van der Waals surface area (Å²) in [5.74, 6) is 0. The predicted molar refractivity (Wildman–Crippen MR) is 75.2 cm³/mol. The average molecular weight is 257 g/mol. The molecular weight excluding hydrogens is 238 g/mol. The van der Waals surface area contributed by atoms with Gasteiger partial charge in [0.2, 0.25) is 0 Å². The minimum atomic E-state index is 0.536. The molecule has 3 rings (SSSR count). The monoisotopic (exact) mass is 257 g/mol. The minimum Gasteiger partial charge on any atom is -0.382 e. The molecule has 2 heterocycles. The Morgan fingerprint density at radius 3 is 2.95 bits per heavy atom. The summed E-state index contributed by atoms with van der Waals surface area (Å²) in [4.78, 5) is 0. The van der Waals surface area contributed by atoms with Crippen LogP contribution in [0, 0.1) is 0 Å². The molecule has 0 unspecified atom stereocenters. The molecule has 1 aromatic carbocycles. The Kier molecular flexibility index (Phi) is 3.79. The highest BCUT2D eigenvalue weighted by Crippen LogP contribution is 2.17. The lowest BCUT2D eigenvalue weighted by atomic mass is 10.1. The Labute approximate surface area is 113 Å². The lowest BCUT2D eigenvalue weighted by Gasteiger charge is -2.24. The van der Waals surface area contributed by atoms with Gasteiger partial charge in [0.15, 0.2) is 0 Å². The van der Waals surface area contributed by atoms with Crippen molar-refractivity contribution < 1.29 is 4.74 Å². The Balaban J connectivity index is 1.65. The van der Waals surface area contributed by atoms with E-state index in [1.165, 1.54) is 11.3 Å². The molecule has 1 fully saturated rings. The summed E-state index contributed by atoms with van der Waals surface area (Å²) >= 11 is 0. The van der Waals surface area contributed by atoms with E-state index in [2.05, 4.69) is 34.7 Å². The van der Waals surface area contributed by atoms with Crippen LogP contribution in [0.15, 0.2) is 42.7 Å². The van der Waals surface area contributed by atoms with Crippen molar-refractivity contribution in [3.63, 3.8) is 0 Å². The van der Waals surface area contributed by atoms with Crippen LogP contribution in [0.5, 0.6) is 0 Å². The summed E-state index contributed by atoms with van der Waals surface area (Å²) in [5.41, 5.74) is 2.46. The molecule has 19 heavy (non-hydrogen) atoms. The van der Waals surface area contributed by atoms with Gasteiger partial charge >= 0.3 is 0 Å². The third-order valence-corrected chi connectivity index (χ3v) is 3.42. The molecule has 1 N–H and O–H groups in total. The van der Waals surface area contributed by atoms with Crippen molar-refractivity contribution in [3.05, 3.63) is 48.3 Å². The number of hydrogen-bond donors (Lipinski definition) is 1. The van der Waals surface area contributed by atoms with Crippen LogP contribution < -0.4 is 5.32 Å². The number of hydrogen-bond acceptors (Lipinski definition) is 3. The van der Waals surface area contributed by atoms with E-state index in [9.17, 15) is 0 Å². The van der Waals surface area contributed by atoms with E-state index in [1.54, 1.807) is 0 Å². The maximum absolute atomic E-state index is 5.38. The smallest absolute Gasteiger partial charge is 0.0660 e. The number of nitrogens with zero attached hydrogens (tertiary/aromatic N) is 2. The van der Waals surface area contributed by atoms with Gasteiger partial charge in [0, 0.05) is 37.3 Å². The summed E-state index contributed by atoms with van der Waals surface area (Å²) in [6.07, 6.45) is 5.97. The second kappa shape index (κ2) is 5.89. The van der Waals surface area contributed by atoms with Gasteiger partial charge in [-0.3, -0.25) is 4.68 Å². The van der Waals surface area contributed by atoms with Crippen LogP contribution in [0.2, 0.25) is 0 Å². The van der Waals surface area contributed by atoms with Crippen LogP contribution in [-0.2, 0) is 11.3 Å². The van der Waals surface area contributed by atoms with Crippen molar-refractivity contribution in [2.75, 3.05) is 18.5 Å². The SMILES string of the molecule is c1cc(Cn2cccn2)cc(NC2CCOCC2)c1. The molecule has 1 aliphatic rings. The number of benzene rings is 1. The zero-order chi connectivity index (χ0) is 12.9. The lowest BCUT2D eigenvalue weighted by Crippen LogP contribution is -2.27. The van der Waals surface area contributed by atoms with E-state index in [0.29, 0.717) is 6.04 Å². The molecular formula is C15H19N3O. The van der Waals surface area contributed by atoms with Gasteiger partial charge in [0.25, 0.3) is 0 Å². The summed E-state index contributed by atoms with van der Waals surface area (Å²) in [6.45, 7) is 2.55. The molecule has 0 bridgehead atoms. The van der Waals surface area contributed by atoms with Crippen LogP contribution in [0.3, 0.4) is 0 Å². The van der Waals surface area contributed by atoms with E-state index in [-0.39, 0.29) is 0 Å². The Hall–Kier alpha value is -1.81. The number of nitrogens with one attached hydrogen (secondary N) is 1. The van der Waals surface area contributed by atoms with Gasteiger partial charge in [-0.2, -0.15) is 5.10 Å². The molecule has 0 atom stereocenters. The highest BCUT2D eigenvalue weighted by molar-refractivity contribution is 5.46. The third-order valence-electron chi connectivity index (χ3n) is 3.42. The standard InChI is InChI=1S/C15H19N3O/c1-3-13(12-18-8-2-7-16-18)11-15(4-1)17-14-5-9-19-10-6-14/h1-4,7-8,11,14,17H,5-6,9-10,12H2. The van der Waals surface area contributed by atoms with Gasteiger partial charge < -0.3 is 10.1 Å². The van der Waals surface area contributed by atoms with Crippen molar-refractivity contribution in [1.82, 2.24) is 9.78 Å². The Bertz CT molecular complexity index is 504. The average Bonchev–Trinajstić information content (AvgIpc) is 2.93. The topological polar surface area (TPSA) is 39.1 Å². The van der Waals surface area contributed by atoms with E-state index in [1.807, 2.05) is 23.1 Å². The summed E-state index contributed by atoms with van der Waals surface area (Å²) in [5, 5.41) is 7.83. The van der Waals surface area contributed by atoms with E-state index in [4.69, 9.17) is 4.74 Å². The fourth-order valence-electron chi connectivity index (χ4n) is 2.42. The van der Waals surface area contributed by atoms with Gasteiger partial charge in [-0.15, -0.1) is 0 Å². The van der Waals surface area contributed by atoms with Crippen molar-refractivity contribution in [3.8, 4) is 0 Å². The van der Waals surface area contributed by atoms with E-state index < -0.39 is 0 Å². The zero-order valence-electron chi connectivity index (χ0n) is 11.0. The molecule has 0 amide bonds. The van der Waals surface area contributed by atoms with Crippen molar-refractivity contribution in [1.29, 1.82) is 0 Å². The number of aromatic nitrogens is 2. The molecule has 2 aromatic rings. The van der Waals surface area contributed by atoms with Crippen molar-refractivity contribution in [2.45, 2.75) is 25.4 Å². The fraction of sp³-hybridized carbons (Fsp3) is 0.400. The van der Waals surface area contributed by atoms with Crippen LogP contribution >= 0.6 is 0 Å². The number of anilines is 1. The number of ether oxygens (including phenoxy) is 1. The quantitative estimate of drug-likeness (QED) is 0.914. The first-order valence-corrected chi connectivity index (χ1v) is 6.81. The highest BCUT2D eigenvalue weighted by atomic mass is 16.5. The molecule has 1 saturated heterocycles. The van der Waals surface area contributed by atoms with Crippen LogP contribution in [0.1, 0.15) is 18.4 Å². The summed E-state index contributed by atoms with van der Waals surface area (Å²) in [7, 11) is 0. The first-order valence-electron chi connectivity index (χ1n) is 6.81. The molecule has 0 spiro atoms. The van der Waals surface area contributed by atoms with E-state index in [0.717, 1.165) is 32.6 Å². The maximum Gasteiger partial charge on any atom is 0.0660 e. The predicted octanol–water partition coefficient (Wildman–Crippen LogP) is 2.52. The minimum absolute atomic E-state index is 0.536. The van der Waals surface area contributed by atoms with E-state index >= 15 is 0 Å². The molecule has 0 radical (unpaired) electrons. The van der Waals surface area contributed by atoms with Crippen LogP contribution in [0.4, 0.5) is 5.69 Å². The molecule has 100 valence electrons. The zero-order valence-corrected chi connectivity index (χ0v) is 11.0. The highest BCUT2D eigenvalue weighted by Gasteiger charge is 2.13. The number of rotatable bonds is 4. The molecule has 1 aliphatic heterocycles. The van der Waals surface area contributed by atoms with Crippen LogP contribution in [0.25, 0.3) is 0 Å². The third kappa shape index (κ3) is 3.35. The normalized spacial score (nSPS) is 16.4. The molecule has 4 nitrogen and oxygen atoms in total. The largest absolute Gasteiger partial charge is 0.382 e. The fourth-order valence-corrected chi connectivity index (χ4v) is 2.42. The molecule has 4 heteroatoms. The van der Waals surface area contributed by atoms with Gasteiger partial charge in [-0.25, -0.2) is 0 Å². The Morgan fingerprint density at radius 1 is 1.26 bits per heavy atom. The second-order valence-electron chi connectivity index (χ2n) is 4.94. The lowest BCUT2D eigenvalue weighted by molar-refractivity contribution is 0.0904. The molecule has 0 saturated carbocycles. The maximum atomic E-state index is 5.38. The van der Waals surface area contributed by atoms with Crippen molar-refractivity contribution >= 4 is 5.69 Å². The summed E-state index contributed by atoms with van der Waals surface area (Å²) < 4.78 is 7.32. The first-order chi connectivity index (χ1) is 9.40. The van der Waals surface area contributed by atoms with Gasteiger partial charge in [-0.05, 0) is 36.6 Å². The van der Waals surface area contributed by atoms with Crippen molar-refractivity contribution in [2.24, 2.45) is 0 Å². The van der Waals surface area contributed by atoms with Gasteiger partial charge in [0.1, 0.15) is 0 Å². The summed E-state index contributed by atoms with van der Waals surface area (Å²) in [6, 6.07) is 11.1. The first kappa shape index (κ1) is 12.2.